The molecule has 0 heterocycles. The van der Waals surface area contributed by atoms with Crippen molar-refractivity contribution in [1.82, 2.24) is 4.90 Å². The molecule has 0 radical (unpaired) electrons. The van der Waals surface area contributed by atoms with Gasteiger partial charge in [0.05, 0.1) is 6.42 Å². The van der Waals surface area contributed by atoms with Gasteiger partial charge in [-0.05, 0) is 56.5 Å². The lowest BCUT2D eigenvalue weighted by molar-refractivity contribution is -0.156. The molecule has 3 aromatic rings. The molecule has 0 bridgehead atoms. The summed E-state index contributed by atoms with van der Waals surface area (Å²) in [5, 5.41) is 2.37. The number of rotatable bonds is 7. The lowest BCUT2D eigenvalue weighted by atomic mass is 9.94. The number of carbonyl (C=O) groups excluding carboxylic acids is 1. The predicted octanol–water partition coefficient (Wildman–Crippen LogP) is 6.52. The zero-order valence-corrected chi connectivity index (χ0v) is 18.8. The van der Waals surface area contributed by atoms with Gasteiger partial charge in [0.1, 0.15) is 5.60 Å². The molecule has 0 unspecified atom stereocenters. The molecule has 3 rings (SSSR count). The van der Waals surface area contributed by atoms with E-state index in [9.17, 15) is 4.79 Å². The van der Waals surface area contributed by atoms with Crippen LogP contribution >= 0.6 is 0 Å². The third-order valence-electron chi connectivity index (χ3n) is 5.23. The lowest BCUT2D eigenvalue weighted by Crippen LogP contribution is -2.37. The molecule has 0 aliphatic carbocycles. The summed E-state index contributed by atoms with van der Waals surface area (Å²) in [6.07, 6.45) is 0.316. The molecule has 3 aromatic carbocycles. The number of fused-ring (bicyclic) bond motifs is 1. The van der Waals surface area contributed by atoms with Crippen LogP contribution < -0.4 is 0 Å². The van der Waals surface area contributed by atoms with Gasteiger partial charge in [-0.2, -0.15) is 0 Å². The summed E-state index contributed by atoms with van der Waals surface area (Å²) in [6, 6.07) is 25.4. The Morgan fingerprint density at radius 3 is 2.20 bits per heavy atom. The van der Waals surface area contributed by atoms with Crippen LogP contribution in [0.3, 0.4) is 0 Å². The number of hydrogen-bond donors (Lipinski definition) is 0. The van der Waals surface area contributed by atoms with E-state index in [4.69, 9.17) is 4.74 Å². The van der Waals surface area contributed by atoms with E-state index in [1.807, 2.05) is 26.8 Å². The van der Waals surface area contributed by atoms with E-state index >= 15 is 0 Å². The molecule has 0 aliphatic heterocycles. The van der Waals surface area contributed by atoms with Gasteiger partial charge in [-0.15, -0.1) is 0 Å². The van der Waals surface area contributed by atoms with E-state index < -0.39 is 5.60 Å². The summed E-state index contributed by atoms with van der Waals surface area (Å²) in [7, 11) is 0. The number of nitrogens with zero attached hydrogens (tertiary/aromatic N) is 1. The van der Waals surface area contributed by atoms with Crippen LogP contribution in [0.15, 0.2) is 72.8 Å². The highest BCUT2D eigenvalue weighted by Gasteiger charge is 2.29. The van der Waals surface area contributed by atoms with Crippen LogP contribution in [0, 0.1) is 0 Å². The van der Waals surface area contributed by atoms with Gasteiger partial charge in [-0.1, -0.05) is 72.8 Å². The standard InChI is InChI=1S/C27H33NO2/c1-20(2)28(19-21-12-7-6-8-13-21)25(18-26(29)30-27(3,4)5)24-17-11-15-22-14-9-10-16-23(22)24/h6-17,20,25H,18-19H2,1-5H3/t25-/m1/s1. The quantitative estimate of drug-likeness (QED) is 0.420. The van der Waals surface area contributed by atoms with Gasteiger partial charge in [0.25, 0.3) is 0 Å². The largest absolute Gasteiger partial charge is 0.460 e. The molecule has 0 aromatic heterocycles. The molecule has 0 amide bonds. The molecule has 0 saturated heterocycles. The van der Waals surface area contributed by atoms with Crippen molar-refractivity contribution < 1.29 is 9.53 Å². The predicted molar refractivity (Wildman–Crippen MR) is 124 cm³/mol. The molecule has 3 nitrogen and oxygen atoms in total. The Morgan fingerprint density at radius 1 is 0.900 bits per heavy atom. The van der Waals surface area contributed by atoms with Crippen molar-refractivity contribution in [2.75, 3.05) is 0 Å². The normalized spacial score (nSPS) is 13.0. The Kier molecular flexibility index (Phi) is 6.94. The lowest BCUT2D eigenvalue weighted by Gasteiger charge is -2.36. The Balaban J connectivity index is 2.04. The Hall–Kier alpha value is -2.65. The monoisotopic (exact) mass is 403 g/mol. The van der Waals surface area contributed by atoms with Gasteiger partial charge in [-0.3, -0.25) is 9.69 Å². The molecular formula is C27H33NO2. The van der Waals surface area contributed by atoms with Gasteiger partial charge < -0.3 is 4.74 Å². The average Bonchev–Trinajstić information content (AvgIpc) is 2.69. The van der Waals surface area contributed by atoms with Gasteiger partial charge in [-0.25, -0.2) is 0 Å². The van der Waals surface area contributed by atoms with Crippen molar-refractivity contribution in [2.24, 2.45) is 0 Å². The third-order valence-corrected chi connectivity index (χ3v) is 5.23. The first-order valence-corrected chi connectivity index (χ1v) is 10.7. The van der Waals surface area contributed by atoms with E-state index in [1.54, 1.807) is 0 Å². The van der Waals surface area contributed by atoms with Crippen LogP contribution in [-0.4, -0.2) is 22.5 Å². The fraction of sp³-hybridized carbons (Fsp3) is 0.370. The number of carbonyl (C=O) groups is 1. The summed E-state index contributed by atoms with van der Waals surface area (Å²) >= 11 is 0. The van der Waals surface area contributed by atoms with E-state index in [2.05, 4.69) is 85.5 Å². The summed E-state index contributed by atoms with van der Waals surface area (Å²) in [5.74, 6) is -0.167. The van der Waals surface area contributed by atoms with E-state index in [1.165, 1.54) is 21.9 Å². The molecule has 0 aliphatic rings. The molecule has 30 heavy (non-hydrogen) atoms. The molecule has 0 saturated carbocycles. The van der Waals surface area contributed by atoms with E-state index in [-0.39, 0.29) is 18.1 Å². The molecule has 0 N–H and O–H groups in total. The maximum atomic E-state index is 12.9. The van der Waals surface area contributed by atoms with Gasteiger partial charge >= 0.3 is 5.97 Å². The van der Waals surface area contributed by atoms with Crippen LogP contribution in [0.4, 0.5) is 0 Å². The molecule has 0 spiro atoms. The highest BCUT2D eigenvalue weighted by Crippen LogP contribution is 2.34. The van der Waals surface area contributed by atoms with Crippen LogP contribution in [0.5, 0.6) is 0 Å². The van der Waals surface area contributed by atoms with Crippen molar-refractivity contribution in [3.63, 3.8) is 0 Å². The highest BCUT2D eigenvalue weighted by atomic mass is 16.6. The van der Waals surface area contributed by atoms with Gasteiger partial charge in [0.2, 0.25) is 0 Å². The second-order valence-corrected chi connectivity index (χ2v) is 9.13. The Labute approximate surface area is 180 Å². The smallest absolute Gasteiger partial charge is 0.308 e. The first-order chi connectivity index (χ1) is 14.2. The van der Waals surface area contributed by atoms with Crippen molar-refractivity contribution >= 4 is 16.7 Å². The van der Waals surface area contributed by atoms with Crippen molar-refractivity contribution in [3.05, 3.63) is 83.9 Å². The second-order valence-electron chi connectivity index (χ2n) is 9.13. The van der Waals surface area contributed by atoms with Crippen LogP contribution in [0.25, 0.3) is 10.8 Å². The van der Waals surface area contributed by atoms with Crippen molar-refractivity contribution in [1.29, 1.82) is 0 Å². The maximum absolute atomic E-state index is 12.9. The highest BCUT2D eigenvalue weighted by molar-refractivity contribution is 5.86. The minimum absolute atomic E-state index is 0.0776. The molecule has 158 valence electrons. The zero-order chi connectivity index (χ0) is 21.7. The van der Waals surface area contributed by atoms with Gasteiger partial charge in [0.15, 0.2) is 0 Å². The number of ether oxygens (including phenoxy) is 1. The van der Waals surface area contributed by atoms with Crippen LogP contribution in [-0.2, 0) is 16.1 Å². The first kappa shape index (κ1) is 22.0. The van der Waals surface area contributed by atoms with E-state index in [0.717, 1.165) is 6.54 Å². The second kappa shape index (κ2) is 9.44. The Bertz CT molecular complexity index is 968. The minimum atomic E-state index is -0.498. The zero-order valence-electron chi connectivity index (χ0n) is 18.8. The van der Waals surface area contributed by atoms with Crippen molar-refractivity contribution in [3.8, 4) is 0 Å². The van der Waals surface area contributed by atoms with Crippen molar-refractivity contribution in [2.45, 2.75) is 65.3 Å². The topological polar surface area (TPSA) is 29.5 Å². The van der Waals surface area contributed by atoms with Crippen LogP contribution in [0.1, 0.15) is 58.2 Å². The number of benzene rings is 3. The molecular weight excluding hydrogens is 370 g/mol. The minimum Gasteiger partial charge on any atom is -0.460 e. The van der Waals surface area contributed by atoms with E-state index in [0.29, 0.717) is 6.42 Å². The molecule has 0 fully saturated rings. The Morgan fingerprint density at radius 2 is 1.53 bits per heavy atom. The summed E-state index contributed by atoms with van der Waals surface area (Å²) in [4.78, 5) is 15.3. The number of hydrogen-bond acceptors (Lipinski definition) is 3. The fourth-order valence-electron chi connectivity index (χ4n) is 3.93. The van der Waals surface area contributed by atoms with Gasteiger partial charge in [0, 0.05) is 18.6 Å². The van der Waals surface area contributed by atoms with Crippen LogP contribution in [0.2, 0.25) is 0 Å². The summed E-state index contributed by atoms with van der Waals surface area (Å²) in [6.45, 7) is 10.9. The fourth-order valence-corrected chi connectivity index (χ4v) is 3.93. The molecule has 3 heteroatoms. The molecule has 1 atom stereocenters. The summed E-state index contributed by atoms with van der Waals surface area (Å²) in [5.41, 5.74) is 1.91. The summed E-state index contributed by atoms with van der Waals surface area (Å²) < 4.78 is 5.72. The SMILES string of the molecule is CC(C)N(Cc1ccccc1)[C@H](CC(=O)OC(C)(C)C)c1cccc2ccccc12. The maximum Gasteiger partial charge on any atom is 0.308 e. The third kappa shape index (κ3) is 5.70. The number of esters is 1. The average molecular weight is 404 g/mol. The first-order valence-electron chi connectivity index (χ1n) is 10.7.